The van der Waals surface area contributed by atoms with Gasteiger partial charge in [-0.15, -0.1) is 0 Å². The Morgan fingerprint density at radius 1 is 1.33 bits per heavy atom. The molecule has 1 fully saturated rings. The summed E-state index contributed by atoms with van der Waals surface area (Å²) in [7, 11) is -3.38. The van der Waals surface area contributed by atoms with Crippen LogP contribution in [0.1, 0.15) is 25.8 Å². The lowest BCUT2D eigenvalue weighted by molar-refractivity contribution is 0.576. The Balaban J connectivity index is 2.20. The molecule has 0 heterocycles. The van der Waals surface area contributed by atoms with E-state index in [4.69, 9.17) is 0 Å². The van der Waals surface area contributed by atoms with Gasteiger partial charge in [0.2, 0.25) is 10.0 Å². The molecule has 2 unspecified atom stereocenters. The Morgan fingerprint density at radius 3 is 2.61 bits per heavy atom. The highest BCUT2D eigenvalue weighted by molar-refractivity contribution is 7.89. The van der Waals surface area contributed by atoms with Gasteiger partial charge < -0.3 is 5.32 Å². The zero-order valence-corrected chi connectivity index (χ0v) is 11.6. The fraction of sp³-hybridized carbons (Fsp3) is 0.538. The summed E-state index contributed by atoms with van der Waals surface area (Å²) in [6.45, 7) is 5.45. The average Bonchev–Trinajstić information content (AvgIpc) is 3.01. The van der Waals surface area contributed by atoms with Crippen molar-refractivity contribution >= 4 is 10.0 Å². The van der Waals surface area contributed by atoms with Gasteiger partial charge in [0.05, 0.1) is 4.90 Å². The summed E-state index contributed by atoms with van der Waals surface area (Å²) in [5.41, 5.74) is 0.820. The van der Waals surface area contributed by atoms with Gasteiger partial charge in [0, 0.05) is 12.6 Å². The molecule has 1 saturated carbocycles. The van der Waals surface area contributed by atoms with Crippen molar-refractivity contribution in [2.24, 2.45) is 5.92 Å². The molecule has 0 saturated heterocycles. The molecule has 2 N–H and O–H groups in total. The van der Waals surface area contributed by atoms with Crippen LogP contribution in [0.3, 0.4) is 0 Å². The third-order valence-corrected chi connectivity index (χ3v) is 4.83. The van der Waals surface area contributed by atoms with Crippen molar-refractivity contribution in [3.05, 3.63) is 29.8 Å². The quantitative estimate of drug-likeness (QED) is 0.821. The second kappa shape index (κ2) is 5.38. The standard InChI is InChI=1S/C13H20N2O2S/c1-3-14-9-11-6-4-5-7-13(11)18(16,17)15-12-8-10(12)2/h4-7,10,12,14-15H,3,8-9H2,1-2H3. The molecule has 5 heteroatoms. The Kier molecular flexibility index (Phi) is 4.04. The summed E-state index contributed by atoms with van der Waals surface area (Å²) in [4.78, 5) is 0.394. The molecule has 0 aliphatic heterocycles. The summed E-state index contributed by atoms with van der Waals surface area (Å²) in [6, 6.07) is 7.27. The van der Waals surface area contributed by atoms with Crippen LogP contribution in [0.2, 0.25) is 0 Å². The van der Waals surface area contributed by atoms with Gasteiger partial charge >= 0.3 is 0 Å². The number of nitrogens with one attached hydrogen (secondary N) is 2. The second-order valence-electron chi connectivity index (χ2n) is 4.83. The van der Waals surface area contributed by atoms with Crippen LogP contribution >= 0.6 is 0 Å². The van der Waals surface area contributed by atoms with Crippen molar-refractivity contribution in [3.8, 4) is 0 Å². The normalized spacial score (nSPS) is 23.0. The Bertz CT molecular complexity index is 513. The van der Waals surface area contributed by atoms with E-state index in [1.807, 2.05) is 19.1 Å². The fourth-order valence-corrected chi connectivity index (χ4v) is 3.52. The van der Waals surface area contributed by atoms with Crippen LogP contribution in [-0.4, -0.2) is 21.0 Å². The molecule has 1 aromatic rings. The highest BCUT2D eigenvalue weighted by Crippen LogP contribution is 2.31. The first-order valence-electron chi connectivity index (χ1n) is 6.35. The first-order valence-corrected chi connectivity index (χ1v) is 7.84. The smallest absolute Gasteiger partial charge is 0.241 e. The SMILES string of the molecule is CCNCc1ccccc1S(=O)(=O)NC1CC1C. The summed E-state index contributed by atoms with van der Waals surface area (Å²) in [5.74, 6) is 0.459. The summed E-state index contributed by atoms with van der Waals surface area (Å²) < 4.78 is 27.3. The van der Waals surface area contributed by atoms with E-state index in [0.29, 0.717) is 17.4 Å². The minimum Gasteiger partial charge on any atom is -0.313 e. The average molecular weight is 268 g/mol. The molecule has 0 aromatic heterocycles. The monoisotopic (exact) mass is 268 g/mol. The first-order chi connectivity index (χ1) is 8.54. The largest absolute Gasteiger partial charge is 0.313 e. The molecule has 1 aliphatic carbocycles. The van der Waals surface area contributed by atoms with E-state index < -0.39 is 10.0 Å². The molecule has 0 spiro atoms. The minimum absolute atomic E-state index is 0.113. The molecule has 1 aromatic carbocycles. The van der Waals surface area contributed by atoms with Gasteiger partial charge in [0.1, 0.15) is 0 Å². The molecule has 2 atom stereocenters. The lowest BCUT2D eigenvalue weighted by Gasteiger charge is -2.11. The van der Waals surface area contributed by atoms with Crippen LogP contribution in [0.25, 0.3) is 0 Å². The van der Waals surface area contributed by atoms with Gasteiger partial charge in [-0.3, -0.25) is 0 Å². The van der Waals surface area contributed by atoms with E-state index in [9.17, 15) is 8.42 Å². The van der Waals surface area contributed by atoms with Gasteiger partial charge in [0.15, 0.2) is 0 Å². The minimum atomic E-state index is -3.38. The van der Waals surface area contributed by atoms with E-state index in [1.54, 1.807) is 12.1 Å². The van der Waals surface area contributed by atoms with Crippen LogP contribution in [0.15, 0.2) is 29.2 Å². The van der Waals surface area contributed by atoms with E-state index >= 15 is 0 Å². The van der Waals surface area contributed by atoms with Crippen molar-refractivity contribution in [3.63, 3.8) is 0 Å². The summed E-state index contributed by atoms with van der Waals surface area (Å²) in [5, 5.41) is 3.16. The number of hydrogen-bond donors (Lipinski definition) is 2. The van der Waals surface area contributed by atoms with Crippen molar-refractivity contribution in [1.82, 2.24) is 10.0 Å². The Hall–Kier alpha value is -0.910. The zero-order chi connectivity index (χ0) is 13.2. The van der Waals surface area contributed by atoms with Crippen molar-refractivity contribution in [1.29, 1.82) is 0 Å². The molecule has 4 nitrogen and oxygen atoms in total. The van der Waals surface area contributed by atoms with E-state index in [0.717, 1.165) is 18.5 Å². The number of hydrogen-bond acceptors (Lipinski definition) is 3. The number of benzene rings is 1. The second-order valence-corrected chi connectivity index (χ2v) is 6.51. The van der Waals surface area contributed by atoms with Crippen molar-refractivity contribution in [2.45, 2.75) is 37.8 Å². The molecule has 1 aliphatic rings. The van der Waals surface area contributed by atoms with Gasteiger partial charge in [-0.2, -0.15) is 0 Å². The molecule has 2 rings (SSSR count). The lowest BCUT2D eigenvalue weighted by Crippen LogP contribution is -2.28. The molecule has 100 valence electrons. The van der Waals surface area contributed by atoms with Gasteiger partial charge in [0.25, 0.3) is 0 Å². The van der Waals surface area contributed by atoms with E-state index in [-0.39, 0.29) is 6.04 Å². The van der Waals surface area contributed by atoms with Crippen molar-refractivity contribution in [2.75, 3.05) is 6.54 Å². The maximum atomic E-state index is 12.3. The third kappa shape index (κ3) is 3.10. The van der Waals surface area contributed by atoms with Gasteiger partial charge in [-0.25, -0.2) is 13.1 Å². The maximum Gasteiger partial charge on any atom is 0.241 e. The van der Waals surface area contributed by atoms with Gasteiger partial charge in [-0.05, 0) is 30.5 Å². The Morgan fingerprint density at radius 2 is 2.00 bits per heavy atom. The summed E-state index contributed by atoms with van der Waals surface area (Å²) >= 11 is 0. The van der Waals surface area contributed by atoms with Crippen LogP contribution in [0.5, 0.6) is 0 Å². The Labute approximate surface area is 109 Å². The molecule has 0 bridgehead atoms. The zero-order valence-electron chi connectivity index (χ0n) is 10.8. The van der Waals surface area contributed by atoms with Crippen LogP contribution in [0.4, 0.5) is 0 Å². The summed E-state index contributed by atoms with van der Waals surface area (Å²) in [6.07, 6.45) is 0.939. The highest BCUT2D eigenvalue weighted by atomic mass is 32.2. The molecule has 0 amide bonds. The highest BCUT2D eigenvalue weighted by Gasteiger charge is 2.36. The van der Waals surface area contributed by atoms with Crippen LogP contribution in [-0.2, 0) is 16.6 Å². The fourth-order valence-electron chi connectivity index (χ4n) is 1.92. The van der Waals surface area contributed by atoms with Crippen molar-refractivity contribution < 1.29 is 8.42 Å². The maximum absolute atomic E-state index is 12.3. The molecular formula is C13H20N2O2S. The lowest BCUT2D eigenvalue weighted by atomic mass is 10.2. The topological polar surface area (TPSA) is 58.2 Å². The van der Waals surface area contributed by atoms with E-state index in [2.05, 4.69) is 17.0 Å². The number of rotatable bonds is 6. The third-order valence-electron chi connectivity index (χ3n) is 3.24. The first kappa shape index (κ1) is 13.5. The number of sulfonamides is 1. The predicted molar refractivity (Wildman–Crippen MR) is 71.7 cm³/mol. The van der Waals surface area contributed by atoms with Crippen LogP contribution in [0, 0.1) is 5.92 Å². The molecular weight excluding hydrogens is 248 g/mol. The van der Waals surface area contributed by atoms with Crippen LogP contribution < -0.4 is 10.0 Å². The van der Waals surface area contributed by atoms with Gasteiger partial charge in [-0.1, -0.05) is 32.0 Å². The molecule has 0 radical (unpaired) electrons. The predicted octanol–water partition coefficient (Wildman–Crippen LogP) is 1.48. The van der Waals surface area contributed by atoms with E-state index in [1.165, 1.54) is 0 Å². The molecule has 18 heavy (non-hydrogen) atoms.